The standard InChI is InChI=1S/C5H7ClN4/c6-1-3-4(7)5(8)10-2-9-3/h2H,1,7H2,(H2,8,9,10). The van der Waals surface area contributed by atoms with Crippen LogP contribution >= 0.6 is 11.6 Å². The highest BCUT2D eigenvalue weighted by Gasteiger charge is 2.01. The van der Waals surface area contributed by atoms with Crippen LogP contribution in [0.3, 0.4) is 0 Å². The Morgan fingerprint density at radius 1 is 1.40 bits per heavy atom. The molecule has 0 aliphatic heterocycles. The Bertz CT molecular complexity index is 237. The highest BCUT2D eigenvalue weighted by atomic mass is 35.5. The average molecular weight is 159 g/mol. The molecule has 5 heteroatoms. The van der Waals surface area contributed by atoms with Gasteiger partial charge in [0.25, 0.3) is 0 Å². The molecule has 0 aliphatic carbocycles. The predicted octanol–water partition coefficient (Wildman–Crippen LogP) is 0.380. The number of nitrogen functional groups attached to an aromatic ring is 2. The lowest BCUT2D eigenvalue weighted by atomic mass is 10.3. The van der Waals surface area contributed by atoms with Gasteiger partial charge in [-0.3, -0.25) is 0 Å². The Morgan fingerprint density at radius 3 is 2.60 bits per heavy atom. The maximum atomic E-state index is 5.48. The van der Waals surface area contributed by atoms with Crippen molar-refractivity contribution in [3.05, 3.63) is 12.0 Å². The van der Waals surface area contributed by atoms with E-state index in [1.165, 1.54) is 6.33 Å². The molecule has 1 heterocycles. The van der Waals surface area contributed by atoms with Crippen LogP contribution in [0, 0.1) is 0 Å². The topological polar surface area (TPSA) is 77.8 Å². The fourth-order valence-electron chi connectivity index (χ4n) is 0.554. The first-order chi connectivity index (χ1) is 4.75. The van der Waals surface area contributed by atoms with Gasteiger partial charge in [-0.05, 0) is 0 Å². The predicted molar refractivity (Wildman–Crippen MR) is 40.4 cm³/mol. The number of anilines is 2. The Kier molecular flexibility index (Phi) is 1.91. The van der Waals surface area contributed by atoms with Crippen LogP contribution in [0.25, 0.3) is 0 Å². The van der Waals surface area contributed by atoms with E-state index in [-0.39, 0.29) is 11.7 Å². The molecule has 0 fully saturated rings. The number of nitrogens with zero attached hydrogens (tertiary/aromatic N) is 2. The van der Waals surface area contributed by atoms with E-state index in [4.69, 9.17) is 23.1 Å². The van der Waals surface area contributed by atoms with Crippen LogP contribution in [0.2, 0.25) is 0 Å². The molecular formula is C5H7ClN4. The summed E-state index contributed by atoms with van der Waals surface area (Å²) in [5.41, 5.74) is 11.8. The van der Waals surface area contributed by atoms with E-state index < -0.39 is 0 Å². The molecule has 0 aliphatic rings. The Morgan fingerprint density at radius 2 is 2.10 bits per heavy atom. The molecule has 0 amide bonds. The first-order valence-electron chi connectivity index (χ1n) is 2.66. The summed E-state index contributed by atoms with van der Waals surface area (Å²) in [4.78, 5) is 7.48. The number of nitrogens with two attached hydrogens (primary N) is 2. The van der Waals surface area contributed by atoms with Crippen LogP contribution in [0.4, 0.5) is 11.5 Å². The van der Waals surface area contributed by atoms with Gasteiger partial charge in [0.1, 0.15) is 12.1 Å². The number of hydrogen-bond donors (Lipinski definition) is 2. The van der Waals surface area contributed by atoms with Crippen molar-refractivity contribution in [2.75, 3.05) is 11.5 Å². The number of aromatic nitrogens is 2. The number of hydrogen-bond acceptors (Lipinski definition) is 4. The van der Waals surface area contributed by atoms with E-state index >= 15 is 0 Å². The summed E-state index contributed by atoms with van der Waals surface area (Å²) >= 11 is 5.48. The van der Waals surface area contributed by atoms with Crippen LogP contribution in [0.15, 0.2) is 6.33 Å². The van der Waals surface area contributed by atoms with Gasteiger partial charge >= 0.3 is 0 Å². The fraction of sp³-hybridized carbons (Fsp3) is 0.200. The summed E-state index contributed by atoms with van der Waals surface area (Å²) in [5.74, 6) is 0.545. The number of halogens is 1. The van der Waals surface area contributed by atoms with E-state index in [1.54, 1.807) is 0 Å². The lowest BCUT2D eigenvalue weighted by molar-refractivity contribution is 1.10. The number of alkyl halides is 1. The molecule has 1 aromatic rings. The quantitative estimate of drug-likeness (QED) is 0.580. The molecule has 0 bridgehead atoms. The molecule has 0 radical (unpaired) electrons. The van der Waals surface area contributed by atoms with Gasteiger partial charge in [-0.2, -0.15) is 0 Å². The third kappa shape index (κ3) is 1.11. The zero-order valence-electron chi connectivity index (χ0n) is 5.21. The highest BCUT2D eigenvalue weighted by molar-refractivity contribution is 6.17. The van der Waals surface area contributed by atoms with Crippen LogP contribution < -0.4 is 11.5 Å². The summed E-state index contributed by atoms with van der Waals surface area (Å²) in [6.07, 6.45) is 1.34. The Labute approximate surface area is 63.2 Å². The molecule has 0 saturated heterocycles. The van der Waals surface area contributed by atoms with Crippen molar-refractivity contribution >= 4 is 23.1 Å². The summed E-state index contributed by atoms with van der Waals surface area (Å²) in [6.45, 7) is 0. The van der Waals surface area contributed by atoms with Gasteiger partial charge in [0.15, 0.2) is 0 Å². The molecule has 0 saturated carbocycles. The third-order valence-corrected chi connectivity index (χ3v) is 1.38. The fourth-order valence-corrected chi connectivity index (χ4v) is 0.767. The minimum Gasteiger partial charge on any atom is -0.394 e. The van der Waals surface area contributed by atoms with Crippen LogP contribution in [-0.2, 0) is 5.88 Å². The number of rotatable bonds is 1. The van der Waals surface area contributed by atoms with E-state index in [0.717, 1.165) is 0 Å². The normalized spacial score (nSPS) is 9.70. The molecule has 1 rings (SSSR count). The zero-order chi connectivity index (χ0) is 7.56. The van der Waals surface area contributed by atoms with Crippen molar-refractivity contribution in [3.8, 4) is 0 Å². The van der Waals surface area contributed by atoms with Crippen LogP contribution in [0.1, 0.15) is 5.69 Å². The van der Waals surface area contributed by atoms with Gasteiger partial charge in [-0.1, -0.05) is 0 Å². The maximum absolute atomic E-state index is 5.48. The third-order valence-electron chi connectivity index (χ3n) is 1.12. The van der Waals surface area contributed by atoms with Gasteiger partial charge in [0.05, 0.1) is 17.3 Å². The summed E-state index contributed by atoms with van der Waals surface area (Å²) in [7, 11) is 0. The van der Waals surface area contributed by atoms with Crippen molar-refractivity contribution < 1.29 is 0 Å². The van der Waals surface area contributed by atoms with Gasteiger partial charge in [0.2, 0.25) is 0 Å². The lowest BCUT2D eigenvalue weighted by Crippen LogP contribution is -2.02. The molecule has 4 N–H and O–H groups in total. The zero-order valence-corrected chi connectivity index (χ0v) is 5.97. The largest absolute Gasteiger partial charge is 0.394 e. The summed E-state index contributed by atoms with van der Waals surface area (Å²) in [5, 5.41) is 0. The summed E-state index contributed by atoms with van der Waals surface area (Å²) in [6, 6.07) is 0. The maximum Gasteiger partial charge on any atom is 0.150 e. The SMILES string of the molecule is Nc1ncnc(CCl)c1N. The van der Waals surface area contributed by atoms with Crippen LogP contribution in [0.5, 0.6) is 0 Å². The average Bonchev–Trinajstić information content (AvgIpc) is 1.95. The van der Waals surface area contributed by atoms with Crippen LogP contribution in [-0.4, -0.2) is 9.97 Å². The van der Waals surface area contributed by atoms with Crippen molar-refractivity contribution in [1.82, 2.24) is 9.97 Å². The molecule has 54 valence electrons. The Hall–Kier alpha value is -1.03. The minimum absolute atomic E-state index is 0.262. The summed E-state index contributed by atoms with van der Waals surface area (Å²) < 4.78 is 0. The monoisotopic (exact) mass is 158 g/mol. The van der Waals surface area contributed by atoms with Gasteiger partial charge in [-0.25, -0.2) is 9.97 Å². The molecule has 0 spiro atoms. The molecule has 0 atom stereocenters. The van der Waals surface area contributed by atoms with Gasteiger partial charge < -0.3 is 11.5 Å². The van der Waals surface area contributed by atoms with Gasteiger partial charge in [-0.15, -0.1) is 11.6 Å². The second-order valence-corrected chi connectivity index (χ2v) is 2.02. The van der Waals surface area contributed by atoms with E-state index in [0.29, 0.717) is 11.4 Å². The molecule has 4 nitrogen and oxygen atoms in total. The van der Waals surface area contributed by atoms with Crippen molar-refractivity contribution in [1.29, 1.82) is 0 Å². The molecular weight excluding hydrogens is 152 g/mol. The minimum atomic E-state index is 0.262. The van der Waals surface area contributed by atoms with Crippen molar-refractivity contribution in [2.45, 2.75) is 5.88 Å². The molecule has 0 unspecified atom stereocenters. The lowest BCUT2D eigenvalue weighted by Gasteiger charge is -2.00. The smallest absolute Gasteiger partial charge is 0.150 e. The van der Waals surface area contributed by atoms with Crippen molar-refractivity contribution in [2.24, 2.45) is 0 Å². The molecule has 10 heavy (non-hydrogen) atoms. The Balaban J connectivity index is 3.14. The van der Waals surface area contributed by atoms with Crippen molar-refractivity contribution in [3.63, 3.8) is 0 Å². The van der Waals surface area contributed by atoms with E-state index in [2.05, 4.69) is 9.97 Å². The van der Waals surface area contributed by atoms with E-state index in [1.807, 2.05) is 0 Å². The van der Waals surface area contributed by atoms with Gasteiger partial charge in [0, 0.05) is 0 Å². The molecule has 1 aromatic heterocycles. The first kappa shape index (κ1) is 7.08. The first-order valence-corrected chi connectivity index (χ1v) is 3.20. The second kappa shape index (κ2) is 2.70. The van der Waals surface area contributed by atoms with E-state index in [9.17, 15) is 0 Å². The molecule has 0 aromatic carbocycles. The highest BCUT2D eigenvalue weighted by Crippen LogP contribution is 2.15. The second-order valence-electron chi connectivity index (χ2n) is 1.75.